The van der Waals surface area contributed by atoms with E-state index in [-0.39, 0.29) is 5.69 Å². The molecule has 2 heterocycles. The molecule has 0 spiro atoms. The average Bonchev–Trinajstić information content (AvgIpc) is 2.72. The summed E-state index contributed by atoms with van der Waals surface area (Å²) in [5.41, 5.74) is 1.52. The molecule has 3 rings (SSSR count). The van der Waals surface area contributed by atoms with E-state index in [1.165, 1.54) is 6.20 Å². The fourth-order valence-corrected chi connectivity index (χ4v) is 2.03. The summed E-state index contributed by atoms with van der Waals surface area (Å²) in [6.45, 7) is 0. The molecule has 0 aliphatic heterocycles. The molecule has 5 heteroatoms. The first-order valence-electron chi connectivity index (χ1n) is 4.96. The lowest BCUT2D eigenvalue weighted by atomic mass is 10.2. The molecule has 0 saturated heterocycles. The van der Waals surface area contributed by atoms with Crippen LogP contribution in [-0.4, -0.2) is 20.5 Å². The first-order valence-corrected chi connectivity index (χ1v) is 5.33. The van der Waals surface area contributed by atoms with Crippen LogP contribution < -0.4 is 0 Å². The van der Waals surface area contributed by atoms with E-state index in [4.69, 9.17) is 16.7 Å². The number of carbonyl (C=O) groups is 1. The monoisotopic (exact) mass is 246 g/mol. The second-order valence-corrected chi connectivity index (χ2v) is 4.13. The van der Waals surface area contributed by atoms with E-state index < -0.39 is 5.97 Å². The highest BCUT2D eigenvalue weighted by atomic mass is 35.5. The highest BCUT2D eigenvalue weighted by Gasteiger charge is 2.10. The van der Waals surface area contributed by atoms with Gasteiger partial charge in [-0.1, -0.05) is 11.6 Å². The minimum Gasteiger partial charge on any atom is -0.476 e. The standard InChI is InChI=1S/C12H7ClN2O2/c13-8-2-3-10-7(5-8)1-4-11-14-9(12(16)17)6-15(10)11/h1-6H,(H,16,17). The molecule has 4 nitrogen and oxygen atoms in total. The summed E-state index contributed by atoms with van der Waals surface area (Å²) in [6.07, 6.45) is 1.51. The summed E-state index contributed by atoms with van der Waals surface area (Å²) >= 11 is 5.91. The number of imidazole rings is 1. The lowest BCUT2D eigenvalue weighted by Crippen LogP contribution is -1.94. The number of carboxylic acids is 1. The van der Waals surface area contributed by atoms with Crippen LogP contribution in [0, 0.1) is 0 Å². The summed E-state index contributed by atoms with van der Waals surface area (Å²) < 4.78 is 1.75. The van der Waals surface area contributed by atoms with Gasteiger partial charge in [-0.05, 0) is 30.3 Å². The lowest BCUT2D eigenvalue weighted by molar-refractivity contribution is 0.0691. The van der Waals surface area contributed by atoms with Crippen molar-refractivity contribution < 1.29 is 9.90 Å². The van der Waals surface area contributed by atoms with E-state index in [1.807, 2.05) is 18.2 Å². The van der Waals surface area contributed by atoms with Gasteiger partial charge < -0.3 is 5.11 Å². The molecule has 0 saturated carbocycles. The van der Waals surface area contributed by atoms with E-state index in [0.717, 1.165) is 10.9 Å². The van der Waals surface area contributed by atoms with Gasteiger partial charge in [0.15, 0.2) is 5.69 Å². The highest BCUT2D eigenvalue weighted by Crippen LogP contribution is 2.21. The molecule has 0 bridgehead atoms. The molecule has 0 unspecified atom stereocenters. The third-order valence-electron chi connectivity index (χ3n) is 2.61. The molecule has 0 amide bonds. The molecule has 84 valence electrons. The summed E-state index contributed by atoms with van der Waals surface area (Å²) in [5, 5.41) is 10.5. The number of fused-ring (bicyclic) bond motifs is 3. The number of aromatic nitrogens is 2. The predicted molar refractivity (Wildman–Crippen MR) is 64.7 cm³/mol. The Kier molecular flexibility index (Phi) is 2.06. The SMILES string of the molecule is O=C(O)c1cn2c(ccc3cc(Cl)ccc32)n1. The van der Waals surface area contributed by atoms with Crippen molar-refractivity contribution in [1.29, 1.82) is 0 Å². The van der Waals surface area contributed by atoms with Gasteiger partial charge in [0.2, 0.25) is 0 Å². The van der Waals surface area contributed by atoms with Crippen molar-refractivity contribution in [3.05, 3.63) is 47.2 Å². The van der Waals surface area contributed by atoms with Crippen molar-refractivity contribution in [1.82, 2.24) is 9.38 Å². The summed E-state index contributed by atoms with van der Waals surface area (Å²) in [4.78, 5) is 14.9. The van der Waals surface area contributed by atoms with Crippen LogP contribution in [0.4, 0.5) is 0 Å². The summed E-state index contributed by atoms with van der Waals surface area (Å²) in [6, 6.07) is 9.08. The zero-order chi connectivity index (χ0) is 12.0. The van der Waals surface area contributed by atoms with Gasteiger partial charge in [-0.2, -0.15) is 0 Å². The van der Waals surface area contributed by atoms with Gasteiger partial charge >= 0.3 is 5.97 Å². The van der Waals surface area contributed by atoms with Crippen LogP contribution in [0.1, 0.15) is 10.5 Å². The number of hydrogen-bond acceptors (Lipinski definition) is 2. The van der Waals surface area contributed by atoms with Crippen LogP contribution in [0.25, 0.3) is 16.6 Å². The van der Waals surface area contributed by atoms with Gasteiger partial charge in [-0.15, -0.1) is 0 Å². The summed E-state index contributed by atoms with van der Waals surface area (Å²) in [7, 11) is 0. The smallest absolute Gasteiger partial charge is 0.356 e. The third-order valence-corrected chi connectivity index (χ3v) is 2.85. The topological polar surface area (TPSA) is 54.6 Å². The van der Waals surface area contributed by atoms with E-state index in [1.54, 1.807) is 16.5 Å². The quantitative estimate of drug-likeness (QED) is 0.718. The van der Waals surface area contributed by atoms with Crippen LogP contribution in [-0.2, 0) is 0 Å². The highest BCUT2D eigenvalue weighted by molar-refractivity contribution is 6.31. The Morgan fingerprint density at radius 3 is 2.88 bits per heavy atom. The number of hydrogen-bond donors (Lipinski definition) is 1. The Balaban J connectivity index is 2.42. The van der Waals surface area contributed by atoms with E-state index in [2.05, 4.69) is 4.98 Å². The maximum atomic E-state index is 10.9. The number of pyridine rings is 1. The Morgan fingerprint density at radius 1 is 1.29 bits per heavy atom. The van der Waals surface area contributed by atoms with Gasteiger partial charge in [0, 0.05) is 16.6 Å². The van der Waals surface area contributed by atoms with Crippen molar-refractivity contribution in [2.45, 2.75) is 0 Å². The van der Waals surface area contributed by atoms with Gasteiger partial charge in [-0.3, -0.25) is 4.40 Å². The molecule has 0 aliphatic carbocycles. The minimum absolute atomic E-state index is 0.0347. The molecule has 1 aromatic carbocycles. The second-order valence-electron chi connectivity index (χ2n) is 3.70. The zero-order valence-corrected chi connectivity index (χ0v) is 9.35. The van der Waals surface area contributed by atoms with Crippen molar-refractivity contribution in [3.8, 4) is 0 Å². The third kappa shape index (κ3) is 1.54. The maximum Gasteiger partial charge on any atom is 0.356 e. The molecular weight excluding hydrogens is 240 g/mol. The van der Waals surface area contributed by atoms with Crippen LogP contribution in [0.3, 0.4) is 0 Å². The number of aromatic carboxylic acids is 1. The van der Waals surface area contributed by atoms with Gasteiger partial charge in [0.1, 0.15) is 5.65 Å². The van der Waals surface area contributed by atoms with Gasteiger partial charge in [0.25, 0.3) is 0 Å². The molecule has 0 aliphatic rings. The Labute approximate surface area is 101 Å². The lowest BCUT2D eigenvalue weighted by Gasteiger charge is -2.01. The average molecular weight is 247 g/mol. The molecule has 0 atom stereocenters. The molecule has 1 N–H and O–H groups in total. The van der Waals surface area contributed by atoms with Crippen LogP contribution in [0.15, 0.2) is 36.5 Å². The Bertz CT molecular complexity index is 749. The molecule has 0 fully saturated rings. The number of halogens is 1. The first-order chi connectivity index (χ1) is 8.15. The fraction of sp³-hybridized carbons (Fsp3) is 0. The van der Waals surface area contributed by atoms with Crippen molar-refractivity contribution in [3.63, 3.8) is 0 Å². The largest absolute Gasteiger partial charge is 0.476 e. The minimum atomic E-state index is -1.03. The normalized spacial score (nSPS) is 11.1. The first kappa shape index (κ1) is 10.1. The number of carboxylic acid groups (broad SMARTS) is 1. The molecule has 17 heavy (non-hydrogen) atoms. The maximum absolute atomic E-state index is 10.9. The van der Waals surface area contributed by atoms with Crippen LogP contribution >= 0.6 is 11.6 Å². The van der Waals surface area contributed by atoms with E-state index in [9.17, 15) is 4.79 Å². The van der Waals surface area contributed by atoms with Crippen molar-refractivity contribution in [2.24, 2.45) is 0 Å². The van der Waals surface area contributed by atoms with E-state index >= 15 is 0 Å². The second kappa shape index (κ2) is 3.46. The van der Waals surface area contributed by atoms with Crippen molar-refractivity contribution >= 4 is 34.1 Å². The van der Waals surface area contributed by atoms with E-state index in [0.29, 0.717) is 10.7 Å². The number of rotatable bonds is 1. The summed E-state index contributed by atoms with van der Waals surface area (Å²) in [5.74, 6) is -1.03. The fourth-order valence-electron chi connectivity index (χ4n) is 1.85. The van der Waals surface area contributed by atoms with Gasteiger partial charge in [-0.25, -0.2) is 9.78 Å². The molecule has 3 aromatic rings. The predicted octanol–water partition coefficient (Wildman–Crippen LogP) is 2.84. The molecule has 0 radical (unpaired) electrons. The zero-order valence-electron chi connectivity index (χ0n) is 8.59. The number of nitrogens with zero attached hydrogens (tertiary/aromatic N) is 2. The Morgan fingerprint density at radius 2 is 2.12 bits per heavy atom. The number of benzene rings is 1. The molecule has 2 aromatic heterocycles. The van der Waals surface area contributed by atoms with Gasteiger partial charge in [0.05, 0.1) is 5.52 Å². The van der Waals surface area contributed by atoms with Crippen LogP contribution in [0.2, 0.25) is 5.02 Å². The molecular formula is C12H7ClN2O2. The van der Waals surface area contributed by atoms with Crippen molar-refractivity contribution in [2.75, 3.05) is 0 Å². The Hall–Kier alpha value is -2.07. The van der Waals surface area contributed by atoms with Crippen LogP contribution in [0.5, 0.6) is 0 Å².